The molecule has 0 aliphatic carbocycles. The molecule has 0 aromatic heterocycles. The highest BCUT2D eigenvalue weighted by Crippen LogP contribution is 2.42. The van der Waals surface area contributed by atoms with Crippen LogP contribution in [0.1, 0.15) is 5.56 Å². The second-order valence-electron chi connectivity index (χ2n) is 7.20. The number of anilines is 2. The van der Waals surface area contributed by atoms with E-state index in [1.807, 2.05) is 48.5 Å². The van der Waals surface area contributed by atoms with E-state index in [0.29, 0.717) is 27.8 Å². The number of benzene rings is 3. The van der Waals surface area contributed by atoms with E-state index < -0.39 is 11.2 Å². The summed E-state index contributed by atoms with van der Waals surface area (Å²) in [6.45, 7) is 0. The molecule has 4 rings (SSSR count). The van der Waals surface area contributed by atoms with E-state index in [2.05, 4.69) is 21.2 Å². The van der Waals surface area contributed by atoms with Crippen molar-refractivity contribution in [3.63, 3.8) is 0 Å². The summed E-state index contributed by atoms with van der Waals surface area (Å²) in [4.78, 5) is 27.9. The van der Waals surface area contributed by atoms with Gasteiger partial charge in [-0.3, -0.25) is 14.5 Å². The molecule has 5 nitrogen and oxygen atoms in total. The Bertz CT molecular complexity index is 1260. The van der Waals surface area contributed by atoms with Crippen molar-refractivity contribution in [2.75, 3.05) is 10.2 Å². The van der Waals surface area contributed by atoms with Crippen LogP contribution in [0, 0.1) is 11.3 Å². The highest BCUT2D eigenvalue weighted by atomic mass is 79.9. The first kappa shape index (κ1) is 23.1. The van der Waals surface area contributed by atoms with Crippen molar-refractivity contribution < 1.29 is 9.59 Å². The minimum Gasteiger partial charge on any atom is -0.321 e. The molecular weight excluding hydrogens is 522 g/mol. The van der Waals surface area contributed by atoms with Crippen molar-refractivity contribution in [2.45, 2.75) is 11.7 Å². The van der Waals surface area contributed by atoms with E-state index in [0.717, 1.165) is 10.0 Å². The number of thioether (sulfide) groups is 1. The molecule has 1 heterocycles. The molecule has 0 radical (unpaired) electrons. The van der Waals surface area contributed by atoms with Crippen LogP contribution in [0.3, 0.4) is 0 Å². The summed E-state index contributed by atoms with van der Waals surface area (Å²) in [5.41, 5.74) is 1.97. The molecule has 1 atom stereocenters. The van der Waals surface area contributed by atoms with Gasteiger partial charge in [-0.2, -0.15) is 5.26 Å². The van der Waals surface area contributed by atoms with Crippen molar-refractivity contribution in [3.8, 4) is 6.07 Å². The molecule has 0 saturated carbocycles. The average molecular weight is 539 g/mol. The number of nitrogens with zero attached hydrogens (tertiary/aromatic N) is 2. The van der Waals surface area contributed by atoms with Crippen LogP contribution >= 0.6 is 39.3 Å². The standard InChI is InChI=1S/C25H17BrClN3O2S/c26-17-6-12-20(13-7-17)30-24(32)22(14-16-4-2-1-3-5-16)33-25(30)21(15-28)23(31)29-19-10-8-18(27)9-11-19/h1-13,22H,14H2,(H,29,31). The van der Waals surface area contributed by atoms with Crippen LogP contribution in [-0.2, 0) is 16.0 Å². The lowest BCUT2D eigenvalue weighted by Crippen LogP contribution is -2.30. The Kier molecular flexibility index (Phi) is 7.19. The zero-order valence-corrected chi connectivity index (χ0v) is 20.3. The second-order valence-corrected chi connectivity index (χ2v) is 9.74. The monoisotopic (exact) mass is 537 g/mol. The predicted octanol–water partition coefficient (Wildman–Crippen LogP) is 6.17. The van der Waals surface area contributed by atoms with Crippen molar-refractivity contribution in [1.29, 1.82) is 5.26 Å². The molecule has 8 heteroatoms. The minimum atomic E-state index is -0.586. The number of carbonyl (C=O) groups is 2. The van der Waals surface area contributed by atoms with E-state index in [1.165, 1.54) is 16.7 Å². The summed E-state index contributed by atoms with van der Waals surface area (Å²) in [6.07, 6.45) is 0.485. The van der Waals surface area contributed by atoms with E-state index in [-0.39, 0.29) is 11.5 Å². The predicted molar refractivity (Wildman–Crippen MR) is 136 cm³/mol. The summed E-state index contributed by atoms with van der Waals surface area (Å²) < 4.78 is 0.859. The van der Waals surface area contributed by atoms with E-state index in [9.17, 15) is 14.9 Å². The Hall–Kier alpha value is -3.05. The molecule has 164 valence electrons. The van der Waals surface area contributed by atoms with Crippen LogP contribution in [0.5, 0.6) is 0 Å². The number of halogens is 2. The van der Waals surface area contributed by atoms with Crippen LogP contribution in [0.2, 0.25) is 5.02 Å². The first-order valence-corrected chi connectivity index (χ1v) is 12.0. The number of rotatable bonds is 5. The van der Waals surface area contributed by atoms with Crippen LogP contribution in [-0.4, -0.2) is 17.1 Å². The van der Waals surface area contributed by atoms with Gasteiger partial charge in [0, 0.05) is 20.9 Å². The molecule has 1 unspecified atom stereocenters. The fraction of sp³-hybridized carbons (Fsp3) is 0.0800. The van der Waals surface area contributed by atoms with Gasteiger partial charge >= 0.3 is 0 Å². The number of nitriles is 1. The van der Waals surface area contributed by atoms with Crippen molar-refractivity contribution in [1.82, 2.24) is 0 Å². The van der Waals surface area contributed by atoms with E-state index >= 15 is 0 Å². The SMILES string of the molecule is N#CC(C(=O)Nc1ccc(Cl)cc1)=C1SC(Cc2ccccc2)C(=O)N1c1ccc(Br)cc1. The average Bonchev–Trinajstić information content (AvgIpc) is 3.12. The summed E-state index contributed by atoms with van der Waals surface area (Å²) in [5, 5.41) is 13.0. The van der Waals surface area contributed by atoms with Gasteiger partial charge < -0.3 is 5.32 Å². The van der Waals surface area contributed by atoms with Crippen LogP contribution in [0.25, 0.3) is 0 Å². The molecule has 0 bridgehead atoms. The molecule has 1 fully saturated rings. The number of amides is 2. The Labute approximate surface area is 209 Å². The zero-order chi connectivity index (χ0) is 23.4. The van der Waals surface area contributed by atoms with Gasteiger partial charge in [0.2, 0.25) is 5.91 Å². The van der Waals surface area contributed by atoms with Crippen LogP contribution < -0.4 is 10.2 Å². The Balaban J connectivity index is 1.72. The molecule has 3 aromatic carbocycles. The molecule has 1 aliphatic rings. The fourth-order valence-corrected chi connectivity index (χ4v) is 5.07. The van der Waals surface area contributed by atoms with Gasteiger partial charge in [0.25, 0.3) is 5.91 Å². The topological polar surface area (TPSA) is 73.2 Å². The lowest BCUT2D eigenvalue weighted by atomic mass is 10.1. The maximum Gasteiger partial charge on any atom is 0.269 e. The Morgan fingerprint density at radius 2 is 1.73 bits per heavy atom. The lowest BCUT2D eigenvalue weighted by Gasteiger charge is -2.19. The summed E-state index contributed by atoms with van der Waals surface area (Å²) in [6, 6.07) is 25.5. The molecule has 3 aromatic rings. The Morgan fingerprint density at radius 3 is 2.36 bits per heavy atom. The number of carbonyl (C=O) groups excluding carboxylic acids is 2. The molecule has 33 heavy (non-hydrogen) atoms. The second kappa shape index (κ2) is 10.3. The number of nitrogens with one attached hydrogen (secondary N) is 1. The highest BCUT2D eigenvalue weighted by molar-refractivity contribution is 9.10. The van der Waals surface area contributed by atoms with E-state index in [1.54, 1.807) is 36.4 Å². The van der Waals surface area contributed by atoms with Crippen LogP contribution in [0.15, 0.2) is 93.9 Å². The molecule has 1 saturated heterocycles. The smallest absolute Gasteiger partial charge is 0.269 e. The fourth-order valence-electron chi connectivity index (χ4n) is 3.37. The Morgan fingerprint density at radius 1 is 1.06 bits per heavy atom. The van der Waals surface area contributed by atoms with Gasteiger partial charge in [-0.1, -0.05) is 69.6 Å². The molecular formula is C25H17BrClN3O2S. The third-order valence-electron chi connectivity index (χ3n) is 4.96. The molecule has 0 spiro atoms. The van der Waals surface area contributed by atoms with Gasteiger partial charge in [0.15, 0.2) is 0 Å². The van der Waals surface area contributed by atoms with Crippen molar-refractivity contribution in [3.05, 3.63) is 105 Å². The molecule has 1 aliphatic heterocycles. The molecule has 2 amide bonds. The number of hydrogen-bond acceptors (Lipinski definition) is 4. The largest absolute Gasteiger partial charge is 0.321 e. The van der Waals surface area contributed by atoms with Crippen molar-refractivity contribution >= 4 is 62.5 Å². The summed E-state index contributed by atoms with van der Waals surface area (Å²) >= 11 is 10.5. The maximum absolute atomic E-state index is 13.4. The van der Waals surface area contributed by atoms with Gasteiger partial charge in [0.1, 0.15) is 16.7 Å². The van der Waals surface area contributed by atoms with Gasteiger partial charge in [-0.15, -0.1) is 0 Å². The minimum absolute atomic E-state index is 0.123. The third-order valence-corrected chi connectivity index (χ3v) is 7.00. The van der Waals surface area contributed by atoms with Gasteiger partial charge in [-0.05, 0) is 60.5 Å². The number of hydrogen-bond donors (Lipinski definition) is 1. The van der Waals surface area contributed by atoms with Crippen molar-refractivity contribution in [2.24, 2.45) is 0 Å². The first-order valence-electron chi connectivity index (χ1n) is 9.97. The normalized spacial score (nSPS) is 16.9. The highest BCUT2D eigenvalue weighted by Gasteiger charge is 2.40. The first-order chi connectivity index (χ1) is 16.0. The van der Waals surface area contributed by atoms with E-state index in [4.69, 9.17) is 11.6 Å². The maximum atomic E-state index is 13.4. The van der Waals surface area contributed by atoms with Gasteiger partial charge in [-0.25, -0.2) is 0 Å². The zero-order valence-electron chi connectivity index (χ0n) is 17.2. The third kappa shape index (κ3) is 5.31. The summed E-state index contributed by atoms with van der Waals surface area (Å²) in [7, 11) is 0. The van der Waals surface area contributed by atoms with Crippen LogP contribution in [0.4, 0.5) is 11.4 Å². The molecule has 1 N–H and O–H groups in total. The summed E-state index contributed by atoms with van der Waals surface area (Å²) in [5.74, 6) is -0.759. The quantitative estimate of drug-likeness (QED) is 0.312. The van der Waals surface area contributed by atoms with Gasteiger partial charge in [0.05, 0.1) is 5.25 Å². The lowest BCUT2D eigenvalue weighted by molar-refractivity contribution is -0.117.